The Morgan fingerprint density at radius 2 is 1.92 bits per heavy atom. The molecule has 0 saturated heterocycles. The Hall–Kier alpha value is -2.66. The summed E-state index contributed by atoms with van der Waals surface area (Å²) >= 11 is 5.84. The first-order valence-electron chi connectivity index (χ1n) is 7.46. The van der Waals surface area contributed by atoms with Crippen LogP contribution in [0.25, 0.3) is 10.9 Å². The van der Waals surface area contributed by atoms with Gasteiger partial charge in [0.15, 0.2) is 5.69 Å². The molecule has 5 nitrogen and oxygen atoms in total. The summed E-state index contributed by atoms with van der Waals surface area (Å²) < 4.78 is 1.55. The molecule has 122 valence electrons. The highest BCUT2D eigenvalue weighted by atomic mass is 35.5. The number of aromatic nitrogens is 2. The van der Waals surface area contributed by atoms with Crippen molar-refractivity contribution >= 4 is 28.4 Å². The van der Waals surface area contributed by atoms with Crippen LogP contribution in [0.3, 0.4) is 0 Å². The van der Waals surface area contributed by atoms with Crippen molar-refractivity contribution in [3.63, 3.8) is 0 Å². The molecule has 6 heteroatoms. The molecule has 1 heterocycles. The maximum atomic E-state index is 12.6. The first-order chi connectivity index (χ1) is 11.5. The number of rotatable bonds is 3. The van der Waals surface area contributed by atoms with Crippen LogP contribution in [0.5, 0.6) is 0 Å². The number of nitrogens with zero attached hydrogens (tertiary/aromatic N) is 2. The molecular weight excluding hydrogens is 326 g/mol. The van der Waals surface area contributed by atoms with Crippen LogP contribution in [0.15, 0.2) is 47.3 Å². The number of carbonyl (C=O) groups excluding carboxylic acids is 1. The van der Waals surface area contributed by atoms with Gasteiger partial charge in [0, 0.05) is 18.6 Å². The van der Waals surface area contributed by atoms with Gasteiger partial charge in [0.05, 0.1) is 10.9 Å². The first kappa shape index (κ1) is 16.2. The van der Waals surface area contributed by atoms with E-state index in [9.17, 15) is 9.59 Å². The lowest BCUT2D eigenvalue weighted by molar-refractivity contribution is 0.0943. The number of halogens is 1. The van der Waals surface area contributed by atoms with Crippen molar-refractivity contribution in [3.8, 4) is 0 Å². The zero-order valence-electron chi connectivity index (χ0n) is 13.3. The summed E-state index contributed by atoms with van der Waals surface area (Å²) in [5.74, 6) is -0.492. The Kier molecular flexibility index (Phi) is 4.36. The van der Waals surface area contributed by atoms with E-state index in [1.807, 2.05) is 31.2 Å². The molecule has 2 aromatic carbocycles. The summed E-state index contributed by atoms with van der Waals surface area (Å²) in [5, 5.41) is 7.97. The van der Waals surface area contributed by atoms with Gasteiger partial charge in [0.1, 0.15) is 0 Å². The maximum absolute atomic E-state index is 12.6. The number of amides is 1. The minimum Gasteiger partial charge on any atom is -0.346 e. The summed E-state index contributed by atoms with van der Waals surface area (Å²) in [7, 11) is 1.72. The lowest BCUT2D eigenvalue weighted by Crippen LogP contribution is -2.31. The number of nitrogens with one attached hydrogen (secondary N) is 1. The van der Waals surface area contributed by atoms with E-state index >= 15 is 0 Å². The molecular formula is C18H16ClN3O2. The van der Waals surface area contributed by atoms with E-state index in [0.29, 0.717) is 22.5 Å². The second kappa shape index (κ2) is 6.45. The van der Waals surface area contributed by atoms with Gasteiger partial charge in [0.25, 0.3) is 5.91 Å². The Morgan fingerprint density at radius 3 is 2.62 bits per heavy atom. The van der Waals surface area contributed by atoms with Crippen molar-refractivity contribution in [2.45, 2.75) is 13.5 Å². The van der Waals surface area contributed by atoms with Crippen LogP contribution in [0.1, 0.15) is 21.6 Å². The van der Waals surface area contributed by atoms with E-state index < -0.39 is 5.91 Å². The molecule has 3 aromatic rings. The minimum absolute atomic E-state index is 0.107. The van der Waals surface area contributed by atoms with Crippen LogP contribution in [0.4, 0.5) is 0 Å². The summed E-state index contributed by atoms with van der Waals surface area (Å²) in [6.07, 6.45) is 0. The third-order valence-electron chi connectivity index (χ3n) is 3.79. The largest absolute Gasteiger partial charge is 0.346 e. The van der Waals surface area contributed by atoms with Crippen LogP contribution < -0.4 is 10.7 Å². The van der Waals surface area contributed by atoms with Gasteiger partial charge in [-0.1, -0.05) is 35.4 Å². The second-order valence-electron chi connectivity index (χ2n) is 5.63. The Labute approximate surface area is 143 Å². The summed E-state index contributed by atoms with van der Waals surface area (Å²) in [6, 6.07) is 12.6. The normalized spacial score (nSPS) is 10.8. The van der Waals surface area contributed by atoms with Crippen LogP contribution in [-0.4, -0.2) is 15.7 Å². The Morgan fingerprint density at radius 1 is 1.21 bits per heavy atom. The smallest absolute Gasteiger partial charge is 0.276 e. The molecule has 0 saturated carbocycles. The quantitative estimate of drug-likeness (QED) is 0.796. The van der Waals surface area contributed by atoms with Crippen molar-refractivity contribution in [2.75, 3.05) is 0 Å². The van der Waals surface area contributed by atoms with Gasteiger partial charge in [-0.05, 0) is 36.8 Å². The lowest BCUT2D eigenvalue weighted by atomic mass is 10.1. The van der Waals surface area contributed by atoms with Crippen molar-refractivity contribution in [3.05, 3.63) is 74.5 Å². The Balaban J connectivity index is 1.91. The second-order valence-corrected chi connectivity index (χ2v) is 6.07. The minimum atomic E-state index is -0.492. The third-order valence-corrected chi connectivity index (χ3v) is 4.04. The van der Waals surface area contributed by atoms with Gasteiger partial charge < -0.3 is 5.32 Å². The van der Waals surface area contributed by atoms with Gasteiger partial charge in [-0.15, -0.1) is 0 Å². The highest BCUT2D eigenvalue weighted by Crippen LogP contribution is 2.12. The zero-order valence-corrected chi connectivity index (χ0v) is 14.1. The molecule has 0 radical (unpaired) electrons. The number of hydrogen-bond acceptors (Lipinski definition) is 3. The SMILES string of the molecule is Cc1ccc2c(c1)c(=O)c(C(=O)NCc1ccc(Cl)cc1)nn2C. The number of hydrogen-bond donors (Lipinski definition) is 1. The van der Waals surface area contributed by atoms with E-state index in [-0.39, 0.29) is 11.1 Å². The fraction of sp³-hybridized carbons (Fsp3) is 0.167. The molecule has 1 N–H and O–H groups in total. The lowest BCUT2D eigenvalue weighted by Gasteiger charge is -2.09. The van der Waals surface area contributed by atoms with E-state index in [0.717, 1.165) is 11.1 Å². The van der Waals surface area contributed by atoms with E-state index in [4.69, 9.17) is 11.6 Å². The van der Waals surface area contributed by atoms with Crippen LogP contribution in [0, 0.1) is 6.92 Å². The molecule has 0 aliphatic rings. The molecule has 24 heavy (non-hydrogen) atoms. The molecule has 3 rings (SSSR count). The fourth-order valence-corrected chi connectivity index (χ4v) is 2.63. The average molecular weight is 342 g/mol. The summed E-state index contributed by atoms with van der Waals surface area (Å²) in [5.41, 5.74) is 2.07. The predicted molar refractivity (Wildman–Crippen MR) is 94.3 cm³/mol. The van der Waals surface area contributed by atoms with Crippen LogP contribution in [-0.2, 0) is 13.6 Å². The highest BCUT2D eigenvalue weighted by Gasteiger charge is 2.16. The zero-order chi connectivity index (χ0) is 17.3. The van der Waals surface area contributed by atoms with Gasteiger partial charge in [0.2, 0.25) is 5.43 Å². The fourth-order valence-electron chi connectivity index (χ4n) is 2.51. The van der Waals surface area contributed by atoms with Gasteiger partial charge in [-0.25, -0.2) is 0 Å². The molecule has 0 fully saturated rings. The molecule has 0 atom stereocenters. The highest BCUT2D eigenvalue weighted by molar-refractivity contribution is 6.30. The summed E-state index contributed by atoms with van der Waals surface area (Å²) in [4.78, 5) is 24.9. The Bertz CT molecular complexity index is 978. The van der Waals surface area contributed by atoms with Crippen molar-refractivity contribution in [2.24, 2.45) is 7.05 Å². The van der Waals surface area contributed by atoms with Crippen molar-refractivity contribution in [1.82, 2.24) is 15.1 Å². The molecule has 0 bridgehead atoms. The first-order valence-corrected chi connectivity index (χ1v) is 7.84. The number of benzene rings is 2. The molecule has 1 aromatic heterocycles. The van der Waals surface area contributed by atoms with Gasteiger partial charge in [-0.3, -0.25) is 14.3 Å². The summed E-state index contributed by atoms with van der Waals surface area (Å²) in [6.45, 7) is 2.20. The van der Waals surface area contributed by atoms with E-state index in [1.165, 1.54) is 0 Å². The molecule has 0 spiro atoms. The van der Waals surface area contributed by atoms with Gasteiger partial charge >= 0.3 is 0 Å². The van der Waals surface area contributed by atoms with Crippen LogP contribution >= 0.6 is 11.6 Å². The average Bonchev–Trinajstić information content (AvgIpc) is 2.57. The molecule has 0 aliphatic carbocycles. The molecule has 1 amide bonds. The molecule has 0 unspecified atom stereocenters. The number of fused-ring (bicyclic) bond motifs is 1. The predicted octanol–water partition coefficient (Wildman–Crippen LogP) is 2.83. The van der Waals surface area contributed by atoms with E-state index in [1.54, 1.807) is 29.9 Å². The van der Waals surface area contributed by atoms with Crippen molar-refractivity contribution in [1.29, 1.82) is 0 Å². The standard InChI is InChI=1S/C18H16ClN3O2/c1-11-3-8-15-14(9-11)17(23)16(21-22(15)2)18(24)20-10-12-4-6-13(19)7-5-12/h3-9H,10H2,1-2H3,(H,20,24). The van der Waals surface area contributed by atoms with E-state index in [2.05, 4.69) is 10.4 Å². The van der Waals surface area contributed by atoms with Crippen LogP contribution in [0.2, 0.25) is 5.02 Å². The third kappa shape index (κ3) is 3.16. The number of aryl methyl sites for hydroxylation is 2. The number of carbonyl (C=O) groups is 1. The maximum Gasteiger partial charge on any atom is 0.276 e. The van der Waals surface area contributed by atoms with Gasteiger partial charge in [-0.2, -0.15) is 5.10 Å². The molecule has 0 aliphatic heterocycles. The van der Waals surface area contributed by atoms with Crippen molar-refractivity contribution < 1.29 is 4.79 Å². The topological polar surface area (TPSA) is 64.0 Å². The monoisotopic (exact) mass is 341 g/mol.